The fourth-order valence-electron chi connectivity index (χ4n) is 2.70. The monoisotopic (exact) mass is 338 g/mol. The van der Waals surface area contributed by atoms with E-state index in [1.165, 1.54) is 0 Å². The number of pyridine rings is 1. The number of nitrogens with zero attached hydrogens (tertiary/aromatic N) is 3. The maximum Gasteiger partial charge on any atom is 0.241 e. The Morgan fingerprint density at radius 3 is 2.88 bits per heavy atom. The van der Waals surface area contributed by atoms with Crippen LogP contribution in [0.3, 0.4) is 0 Å². The molecule has 130 valence electrons. The Hall–Kier alpha value is -2.89. The van der Waals surface area contributed by atoms with E-state index in [1.54, 1.807) is 10.9 Å². The standard InChI is InChI=1S/C19H22N4O2/c1-14-12-15(2)23(22-14)13-18(24)20-10-5-11-25-17-8-3-6-16-7-4-9-21-19(16)17/h3-4,6-9,12H,5,10-11,13H2,1-2H3,(H,20,24). The molecule has 0 bridgehead atoms. The van der Waals surface area contributed by atoms with E-state index in [2.05, 4.69) is 15.4 Å². The number of benzene rings is 1. The van der Waals surface area contributed by atoms with Crippen LogP contribution >= 0.6 is 0 Å². The lowest BCUT2D eigenvalue weighted by atomic mass is 10.2. The molecular weight excluding hydrogens is 316 g/mol. The van der Waals surface area contributed by atoms with Gasteiger partial charge in [-0.3, -0.25) is 14.5 Å². The lowest BCUT2D eigenvalue weighted by Gasteiger charge is -2.09. The van der Waals surface area contributed by atoms with Crippen LogP contribution in [0.2, 0.25) is 0 Å². The molecule has 1 amide bonds. The number of nitrogens with one attached hydrogen (secondary N) is 1. The third kappa shape index (κ3) is 4.35. The highest BCUT2D eigenvalue weighted by atomic mass is 16.5. The molecular formula is C19H22N4O2. The van der Waals surface area contributed by atoms with Crippen molar-refractivity contribution >= 4 is 16.8 Å². The Morgan fingerprint density at radius 1 is 1.24 bits per heavy atom. The lowest BCUT2D eigenvalue weighted by molar-refractivity contribution is -0.121. The number of para-hydroxylation sites is 1. The predicted molar refractivity (Wildman–Crippen MR) is 96.6 cm³/mol. The quantitative estimate of drug-likeness (QED) is 0.673. The van der Waals surface area contributed by atoms with Crippen molar-refractivity contribution in [2.45, 2.75) is 26.8 Å². The van der Waals surface area contributed by atoms with Crippen LogP contribution in [0.5, 0.6) is 5.75 Å². The first-order chi connectivity index (χ1) is 12.1. The summed E-state index contributed by atoms with van der Waals surface area (Å²) in [6.07, 6.45) is 2.49. The third-order valence-corrected chi connectivity index (χ3v) is 3.89. The molecule has 2 aromatic heterocycles. The molecule has 1 N–H and O–H groups in total. The molecule has 0 fully saturated rings. The van der Waals surface area contributed by atoms with Gasteiger partial charge in [0.1, 0.15) is 17.8 Å². The molecule has 2 heterocycles. The number of aromatic nitrogens is 3. The largest absolute Gasteiger partial charge is 0.491 e. The molecule has 1 aromatic carbocycles. The smallest absolute Gasteiger partial charge is 0.241 e. The number of ether oxygens (including phenoxy) is 1. The van der Waals surface area contributed by atoms with Crippen LogP contribution in [0, 0.1) is 13.8 Å². The van der Waals surface area contributed by atoms with Gasteiger partial charge in [-0.2, -0.15) is 5.10 Å². The maximum atomic E-state index is 12.0. The highest BCUT2D eigenvalue weighted by Gasteiger charge is 2.07. The summed E-state index contributed by atoms with van der Waals surface area (Å²) in [7, 11) is 0. The second kappa shape index (κ2) is 7.79. The van der Waals surface area contributed by atoms with Crippen molar-refractivity contribution in [3.63, 3.8) is 0 Å². The fourth-order valence-corrected chi connectivity index (χ4v) is 2.70. The summed E-state index contributed by atoms with van der Waals surface area (Å²) in [5, 5.41) is 8.24. The van der Waals surface area contributed by atoms with E-state index >= 15 is 0 Å². The van der Waals surface area contributed by atoms with E-state index in [0.29, 0.717) is 13.2 Å². The molecule has 0 atom stereocenters. The highest BCUT2D eigenvalue weighted by Crippen LogP contribution is 2.22. The van der Waals surface area contributed by atoms with Gasteiger partial charge in [-0.25, -0.2) is 0 Å². The Balaban J connectivity index is 1.42. The molecule has 0 saturated heterocycles. The topological polar surface area (TPSA) is 69.0 Å². The summed E-state index contributed by atoms with van der Waals surface area (Å²) in [5.74, 6) is 0.727. The molecule has 25 heavy (non-hydrogen) atoms. The van der Waals surface area contributed by atoms with Crippen molar-refractivity contribution in [3.8, 4) is 5.75 Å². The van der Waals surface area contributed by atoms with Crippen LogP contribution in [-0.2, 0) is 11.3 Å². The number of aryl methyl sites for hydroxylation is 2. The van der Waals surface area contributed by atoms with Crippen molar-refractivity contribution in [1.82, 2.24) is 20.1 Å². The second-order valence-corrected chi connectivity index (χ2v) is 5.97. The van der Waals surface area contributed by atoms with E-state index in [0.717, 1.165) is 34.5 Å². The van der Waals surface area contributed by atoms with Gasteiger partial charge in [0.25, 0.3) is 0 Å². The van der Waals surface area contributed by atoms with Gasteiger partial charge in [-0.15, -0.1) is 0 Å². The molecule has 6 nitrogen and oxygen atoms in total. The number of fused-ring (bicyclic) bond motifs is 1. The molecule has 0 spiro atoms. The van der Waals surface area contributed by atoms with Gasteiger partial charge in [0.15, 0.2) is 0 Å². The Bertz CT molecular complexity index is 867. The molecule has 0 unspecified atom stereocenters. The number of carbonyl (C=O) groups excluding carboxylic acids is 1. The predicted octanol–water partition coefficient (Wildman–Crippen LogP) is 2.63. The van der Waals surface area contributed by atoms with Crippen molar-refractivity contribution in [2.24, 2.45) is 0 Å². The lowest BCUT2D eigenvalue weighted by Crippen LogP contribution is -2.29. The molecule has 3 aromatic rings. The van der Waals surface area contributed by atoms with Gasteiger partial charge >= 0.3 is 0 Å². The van der Waals surface area contributed by atoms with Gasteiger partial charge in [0, 0.05) is 23.8 Å². The van der Waals surface area contributed by atoms with Crippen LogP contribution in [0.1, 0.15) is 17.8 Å². The first-order valence-electron chi connectivity index (χ1n) is 8.38. The number of amides is 1. The summed E-state index contributed by atoms with van der Waals surface area (Å²) in [6.45, 7) is 5.19. The number of rotatable bonds is 7. The first kappa shape index (κ1) is 17.0. The molecule has 0 aliphatic heterocycles. The minimum atomic E-state index is -0.0435. The van der Waals surface area contributed by atoms with Crippen molar-refractivity contribution < 1.29 is 9.53 Å². The summed E-state index contributed by atoms with van der Waals surface area (Å²) >= 11 is 0. The SMILES string of the molecule is Cc1cc(C)n(CC(=O)NCCCOc2cccc3cccnc23)n1. The normalized spacial score (nSPS) is 10.8. The summed E-state index contributed by atoms with van der Waals surface area (Å²) in [4.78, 5) is 16.3. The zero-order valence-corrected chi connectivity index (χ0v) is 14.5. The third-order valence-electron chi connectivity index (χ3n) is 3.89. The second-order valence-electron chi connectivity index (χ2n) is 5.97. The number of hydrogen-bond acceptors (Lipinski definition) is 4. The zero-order valence-electron chi connectivity index (χ0n) is 14.5. The fraction of sp³-hybridized carbons (Fsp3) is 0.316. The Kier molecular flexibility index (Phi) is 5.28. The number of carbonyl (C=O) groups is 1. The summed E-state index contributed by atoms with van der Waals surface area (Å²) in [5.41, 5.74) is 2.76. The van der Waals surface area contributed by atoms with Crippen LogP contribution < -0.4 is 10.1 Å². The molecule has 0 aliphatic rings. The minimum Gasteiger partial charge on any atom is -0.491 e. The van der Waals surface area contributed by atoms with Gasteiger partial charge in [-0.05, 0) is 38.5 Å². The zero-order chi connectivity index (χ0) is 17.6. The molecule has 0 aliphatic carbocycles. The first-order valence-corrected chi connectivity index (χ1v) is 8.38. The minimum absolute atomic E-state index is 0.0435. The van der Waals surface area contributed by atoms with Crippen LogP contribution in [0.4, 0.5) is 0 Å². The summed E-state index contributed by atoms with van der Waals surface area (Å²) < 4.78 is 7.52. The Morgan fingerprint density at radius 2 is 2.08 bits per heavy atom. The van der Waals surface area contributed by atoms with Gasteiger partial charge in [0.05, 0.1) is 12.3 Å². The molecule has 6 heteroatoms. The van der Waals surface area contributed by atoms with Crippen molar-refractivity contribution in [2.75, 3.05) is 13.2 Å². The van der Waals surface area contributed by atoms with E-state index in [4.69, 9.17) is 4.74 Å². The van der Waals surface area contributed by atoms with Crippen LogP contribution in [0.15, 0.2) is 42.6 Å². The van der Waals surface area contributed by atoms with E-state index < -0.39 is 0 Å². The molecule has 0 radical (unpaired) electrons. The van der Waals surface area contributed by atoms with Crippen LogP contribution in [-0.4, -0.2) is 33.8 Å². The van der Waals surface area contributed by atoms with E-state index in [9.17, 15) is 4.79 Å². The van der Waals surface area contributed by atoms with Gasteiger partial charge < -0.3 is 10.1 Å². The van der Waals surface area contributed by atoms with E-state index in [-0.39, 0.29) is 12.5 Å². The van der Waals surface area contributed by atoms with Gasteiger partial charge in [-0.1, -0.05) is 18.2 Å². The van der Waals surface area contributed by atoms with Crippen molar-refractivity contribution in [3.05, 3.63) is 54.0 Å². The van der Waals surface area contributed by atoms with Crippen molar-refractivity contribution in [1.29, 1.82) is 0 Å². The van der Waals surface area contributed by atoms with Crippen LogP contribution in [0.25, 0.3) is 10.9 Å². The summed E-state index contributed by atoms with van der Waals surface area (Å²) in [6, 6.07) is 11.7. The number of hydrogen-bond donors (Lipinski definition) is 1. The maximum absolute atomic E-state index is 12.0. The van der Waals surface area contributed by atoms with E-state index in [1.807, 2.05) is 50.2 Å². The molecule has 0 saturated carbocycles. The average molecular weight is 338 g/mol. The molecule has 3 rings (SSSR count). The Labute approximate surface area is 146 Å². The van der Waals surface area contributed by atoms with Gasteiger partial charge in [0.2, 0.25) is 5.91 Å². The highest BCUT2D eigenvalue weighted by molar-refractivity contribution is 5.84. The average Bonchev–Trinajstić information content (AvgIpc) is 2.92.